The number of hydrogen-bond donors (Lipinski definition) is 4. The van der Waals surface area contributed by atoms with Crippen LogP contribution in [-0.4, -0.2) is 135 Å². The Kier molecular flexibility index (Phi) is 27.3. The first-order chi connectivity index (χ1) is 47.4. The lowest BCUT2D eigenvalue weighted by atomic mass is 10.1. The number of benzene rings is 4. The average Bonchev–Trinajstić information content (AvgIpc) is 0.853. The molecule has 0 aliphatic heterocycles. The quantitative estimate of drug-likeness (QED) is 0.0381. The highest BCUT2D eigenvalue weighted by molar-refractivity contribution is 5.97. The molecule has 0 bridgehead atoms. The van der Waals surface area contributed by atoms with Crippen molar-refractivity contribution in [3.8, 4) is 0 Å². The second-order valence-corrected chi connectivity index (χ2v) is 23.3. The molecule has 0 radical (unpaired) electrons. The predicted molar refractivity (Wildman–Crippen MR) is 362 cm³/mol. The number of ether oxygens (including phenoxy) is 2. The molecular weight excluding hydrogens is 1260 g/mol. The van der Waals surface area contributed by atoms with Crippen LogP contribution in [0.4, 0.5) is 4.79 Å². The number of rotatable bonds is 36. The second kappa shape index (κ2) is 36.9. The number of hydrogen-bond acceptors (Lipinski definition) is 16. The molecule has 26 heteroatoms. The number of alkyl carbamates (subject to hydrolysis) is 1. The molecule has 26 nitrogen and oxygen atoms in total. The second-order valence-electron chi connectivity index (χ2n) is 23.3. The van der Waals surface area contributed by atoms with Gasteiger partial charge in [0.1, 0.15) is 60.8 Å². The molecule has 4 N–H and O–H groups in total. The minimum Gasteiger partial charge on any atom is -0.444 e. The highest BCUT2D eigenvalue weighted by atomic mass is 16.7. The van der Waals surface area contributed by atoms with Gasteiger partial charge in [-0.3, -0.25) is 43.2 Å². The van der Waals surface area contributed by atoms with Gasteiger partial charge in [0, 0.05) is 70.1 Å². The lowest BCUT2D eigenvalue weighted by Gasteiger charge is -2.28. The van der Waals surface area contributed by atoms with Crippen LogP contribution < -0.4 is 62.9 Å². The average molecular weight is 1340 g/mol. The van der Waals surface area contributed by atoms with Gasteiger partial charge in [-0.05, 0) is 93.0 Å². The zero-order chi connectivity index (χ0) is 69.7. The van der Waals surface area contributed by atoms with Crippen molar-refractivity contribution in [3.05, 3.63) is 281 Å². The van der Waals surface area contributed by atoms with Gasteiger partial charge in [-0.2, -0.15) is 0 Å². The van der Waals surface area contributed by atoms with E-state index in [2.05, 4.69) is 21.3 Å². The highest BCUT2D eigenvalue weighted by Crippen LogP contribution is 2.14. The van der Waals surface area contributed by atoms with E-state index in [0.29, 0.717) is 11.1 Å². The Labute approximate surface area is 565 Å². The minimum atomic E-state index is -1.41. The van der Waals surface area contributed by atoms with Crippen LogP contribution in [0.2, 0.25) is 0 Å². The highest BCUT2D eigenvalue weighted by Gasteiger charge is 2.29. The third-order valence-corrected chi connectivity index (χ3v) is 14.7. The molecule has 0 aliphatic carbocycles. The van der Waals surface area contributed by atoms with Crippen LogP contribution >= 0.6 is 0 Å². The molecule has 4 aromatic heterocycles. The van der Waals surface area contributed by atoms with E-state index in [1.54, 1.807) is 93.6 Å². The first-order valence-electron chi connectivity index (χ1n) is 32.0. The summed E-state index contributed by atoms with van der Waals surface area (Å²) in [7, 11) is 0. The van der Waals surface area contributed by atoms with E-state index in [4.69, 9.17) is 28.8 Å². The standard InChI is InChI=1S/C72H80N10O16/c1-72(2,3)98-71(92)75-42-48-93-47-41-74-66(87)57(76-68(89)59-32-19-36-63(84)80(59)95-50-54-25-10-5-11-26-54)39-46-78(70(91)61-34-21-38-65(86)82(61)97-52-56-29-14-7-15-30-56)44-17-16-43-77(69(90)60-33-20-37-64(85)81(60)96-51-55-27-12-6-13-28-55)45-22-40-73-67(88)58-31-18-35-62(83)79(58)94-49-53-23-8-4-9-24-53/h4-15,18-21,23-38,57H,16-17,22,39-52H2,1-3H3,(H,73,88)(H,74,87)(H,75,92)(H,76,89)/t57-/m0/s1. The van der Waals surface area contributed by atoms with E-state index in [0.717, 1.165) is 30.0 Å². The SMILES string of the molecule is CC(C)(C)OC(=O)NCCOCCNC(=O)[C@H](CCN(CCCCN(CCCNC(=O)c1cccc(=O)n1OCc1ccccc1)C(=O)c1cccc(=O)n1OCc1ccccc1)C(=O)c1cccc(=O)n1OCc1ccccc1)NC(=O)c1cccc(=O)n1OCc1ccccc1. The summed E-state index contributed by atoms with van der Waals surface area (Å²) >= 11 is 0. The summed E-state index contributed by atoms with van der Waals surface area (Å²) in [5, 5.41) is 10.9. The van der Waals surface area contributed by atoms with Gasteiger partial charge in [0.15, 0.2) is 0 Å². The molecule has 0 saturated carbocycles. The first-order valence-corrected chi connectivity index (χ1v) is 32.0. The van der Waals surface area contributed by atoms with Crippen molar-refractivity contribution >= 4 is 35.6 Å². The van der Waals surface area contributed by atoms with E-state index in [-0.39, 0.29) is 134 Å². The van der Waals surface area contributed by atoms with Gasteiger partial charge in [-0.15, -0.1) is 18.9 Å². The van der Waals surface area contributed by atoms with Gasteiger partial charge in [0.05, 0.1) is 13.2 Å². The molecule has 0 aliphatic rings. The largest absolute Gasteiger partial charge is 0.444 e. The Morgan fingerprint density at radius 1 is 0.398 bits per heavy atom. The fraction of sp³-hybridized carbons (Fsp3) is 0.306. The van der Waals surface area contributed by atoms with Crippen LogP contribution in [0, 0.1) is 0 Å². The number of nitrogens with zero attached hydrogens (tertiary/aromatic N) is 6. The third-order valence-electron chi connectivity index (χ3n) is 14.7. The van der Waals surface area contributed by atoms with Crippen molar-refractivity contribution in [2.45, 2.75) is 84.5 Å². The van der Waals surface area contributed by atoms with E-state index in [1.807, 2.05) is 48.5 Å². The third kappa shape index (κ3) is 22.3. The zero-order valence-corrected chi connectivity index (χ0v) is 54.8. The molecule has 8 rings (SSSR count). The van der Waals surface area contributed by atoms with Gasteiger partial charge in [0.2, 0.25) is 5.91 Å². The molecule has 0 fully saturated rings. The number of unbranched alkanes of at least 4 members (excludes halogenated alkanes) is 1. The van der Waals surface area contributed by atoms with Gasteiger partial charge in [-0.1, -0.05) is 146 Å². The maximum Gasteiger partial charge on any atom is 0.407 e. The topological polar surface area (TPSA) is 300 Å². The van der Waals surface area contributed by atoms with E-state index < -0.39 is 69.5 Å². The van der Waals surface area contributed by atoms with E-state index >= 15 is 4.79 Å². The first kappa shape index (κ1) is 72.3. The number of amides is 6. The Balaban J connectivity index is 1.04. The van der Waals surface area contributed by atoms with Gasteiger partial charge >= 0.3 is 6.09 Å². The number of carbonyl (C=O) groups is 6. The van der Waals surface area contributed by atoms with Crippen LogP contribution in [0.15, 0.2) is 213 Å². The Morgan fingerprint density at radius 2 is 0.755 bits per heavy atom. The van der Waals surface area contributed by atoms with Gasteiger partial charge < -0.3 is 59.9 Å². The summed E-state index contributed by atoms with van der Waals surface area (Å²) < 4.78 is 14.5. The monoisotopic (exact) mass is 1340 g/mol. The lowest BCUT2D eigenvalue weighted by molar-refractivity contribution is -0.123. The van der Waals surface area contributed by atoms with Crippen molar-refractivity contribution in [1.29, 1.82) is 0 Å². The molecule has 4 aromatic carbocycles. The van der Waals surface area contributed by atoms with E-state index in [1.165, 1.54) is 82.6 Å². The number of aromatic nitrogens is 4. The molecule has 4 heterocycles. The molecule has 6 amide bonds. The van der Waals surface area contributed by atoms with Crippen molar-refractivity contribution in [2.24, 2.45) is 0 Å². The van der Waals surface area contributed by atoms with Gasteiger partial charge in [-0.25, -0.2) is 4.79 Å². The van der Waals surface area contributed by atoms with Crippen LogP contribution in [0.25, 0.3) is 0 Å². The summed E-state index contributed by atoms with van der Waals surface area (Å²) in [6.45, 7) is 4.76. The van der Waals surface area contributed by atoms with E-state index in [9.17, 15) is 43.2 Å². The normalized spacial score (nSPS) is 11.3. The maximum atomic E-state index is 15.2. The minimum absolute atomic E-state index is 0.00363. The Bertz CT molecular complexity index is 4180. The zero-order valence-electron chi connectivity index (χ0n) is 54.8. The van der Waals surface area contributed by atoms with Crippen LogP contribution in [-0.2, 0) is 40.7 Å². The molecule has 8 aromatic rings. The van der Waals surface area contributed by atoms with Crippen LogP contribution in [0.1, 0.15) is 111 Å². The van der Waals surface area contributed by atoms with Crippen molar-refractivity contribution in [1.82, 2.24) is 50.0 Å². The van der Waals surface area contributed by atoms with Gasteiger partial charge in [0.25, 0.3) is 45.9 Å². The lowest BCUT2D eigenvalue weighted by Crippen LogP contribution is -2.50. The number of pyridine rings is 4. The smallest absolute Gasteiger partial charge is 0.407 e. The summed E-state index contributed by atoms with van der Waals surface area (Å²) in [6, 6.07) is 50.9. The fourth-order valence-corrected chi connectivity index (χ4v) is 9.86. The molecule has 0 unspecified atom stereocenters. The summed E-state index contributed by atoms with van der Waals surface area (Å²) in [5.41, 5.74) is -0.908. The summed E-state index contributed by atoms with van der Waals surface area (Å²) in [4.78, 5) is 165. The van der Waals surface area contributed by atoms with Crippen molar-refractivity contribution in [2.75, 3.05) is 59.0 Å². The van der Waals surface area contributed by atoms with Crippen molar-refractivity contribution in [3.63, 3.8) is 0 Å². The molecular formula is C72H80N10O16. The Hall–Kier alpha value is -11.5. The van der Waals surface area contributed by atoms with Crippen LogP contribution in [0.5, 0.6) is 0 Å². The number of carbonyl (C=O) groups excluding carboxylic acids is 6. The number of nitrogens with one attached hydrogen (secondary N) is 4. The molecule has 514 valence electrons. The maximum absolute atomic E-state index is 15.2. The predicted octanol–water partition coefficient (Wildman–Crippen LogP) is 4.88. The molecule has 0 saturated heterocycles. The van der Waals surface area contributed by atoms with Crippen LogP contribution in [0.3, 0.4) is 0 Å². The molecule has 0 spiro atoms. The molecule has 1 atom stereocenters. The fourth-order valence-electron chi connectivity index (χ4n) is 9.86. The summed E-state index contributed by atoms with van der Waals surface area (Å²) in [6.07, 6.45) is -0.340. The van der Waals surface area contributed by atoms with Crippen molar-refractivity contribution < 1.29 is 57.6 Å². The molecule has 98 heavy (non-hydrogen) atoms. The summed E-state index contributed by atoms with van der Waals surface area (Å²) in [5.74, 6) is -3.52. The Morgan fingerprint density at radius 3 is 1.16 bits per heavy atom.